The van der Waals surface area contributed by atoms with E-state index in [2.05, 4.69) is 20.7 Å². The van der Waals surface area contributed by atoms with Gasteiger partial charge in [-0.2, -0.15) is 5.10 Å². The van der Waals surface area contributed by atoms with E-state index < -0.39 is 0 Å². The van der Waals surface area contributed by atoms with Crippen LogP contribution in [-0.4, -0.2) is 52.0 Å². The smallest absolute Gasteiger partial charge is 0.250 e. The molecule has 10 heteroatoms. The molecule has 0 bridgehead atoms. The van der Waals surface area contributed by atoms with Gasteiger partial charge in [0.15, 0.2) is 22.5 Å². The Labute approximate surface area is 206 Å². The third-order valence-corrected chi connectivity index (χ3v) is 5.90. The molecule has 0 radical (unpaired) electrons. The first-order chi connectivity index (χ1) is 17.1. The number of para-hydroxylation sites is 1. The number of aromatic nitrogens is 3. The molecule has 0 aliphatic rings. The van der Waals surface area contributed by atoms with Gasteiger partial charge < -0.3 is 14.6 Å². The van der Waals surface area contributed by atoms with E-state index in [0.29, 0.717) is 22.3 Å². The van der Waals surface area contributed by atoms with Crippen molar-refractivity contribution in [2.45, 2.75) is 5.16 Å². The molecule has 0 spiro atoms. The standard InChI is InChI=1S/C25H23N5O4S/c1-33-20-13-11-19(12-14-20)30-24(17-7-4-3-5-8-17)28-29-25(30)35-16-22(31)27-26-15-18-9-6-10-21(34-2)23(18)32/h3-15,32H,16H2,1-2H3,(H,27,31). The summed E-state index contributed by atoms with van der Waals surface area (Å²) in [6, 6.07) is 22.2. The van der Waals surface area contributed by atoms with Gasteiger partial charge in [-0.3, -0.25) is 9.36 Å². The molecule has 1 amide bonds. The average Bonchev–Trinajstić information content (AvgIpc) is 3.33. The van der Waals surface area contributed by atoms with Gasteiger partial charge in [0, 0.05) is 16.8 Å². The second-order valence-electron chi connectivity index (χ2n) is 7.19. The number of benzene rings is 3. The molecule has 2 N–H and O–H groups in total. The fraction of sp³-hybridized carbons (Fsp3) is 0.120. The van der Waals surface area contributed by atoms with Crippen molar-refractivity contribution in [3.8, 4) is 34.3 Å². The first-order valence-electron chi connectivity index (χ1n) is 10.6. The van der Waals surface area contributed by atoms with Crippen molar-refractivity contribution in [3.05, 3.63) is 78.4 Å². The number of hydrogen-bond donors (Lipinski definition) is 2. The number of carbonyl (C=O) groups excluding carboxylic acids is 1. The quantitative estimate of drug-likeness (QED) is 0.208. The van der Waals surface area contributed by atoms with Crippen molar-refractivity contribution in [1.82, 2.24) is 20.2 Å². The number of nitrogens with zero attached hydrogens (tertiary/aromatic N) is 4. The number of amides is 1. The number of carbonyl (C=O) groups is 1. The van der Waals surface area contributed by atoms with Gasteiger partial charge in [0.2, 0.25) is 0 Å². The molecular formula is C25H23N5O4S. The van der Waals surface area contributed by atoms with Gasteiger partial charge in [0.25, 0.3) is 5.91 Å². The van der Waals surface area contributed by atoms with Gasteiger partial charge in [-0.25, -0.2) is 5.43 Å². The second kappa shape index (κ2) is 11.2. The molecule has 0 fully saturated rings. The van der Waals surface area contributed by atoms with E-state index in [1.165, 1.54) is 25.1 Å². The monoisotopic (exact) mass is 489 g/mol. The van der Waals surface area contributed by atoms with Gasteiger partial charge in [-0.15, -0.1) is 10.2 Å². The fourth-order valence-corrected chi connectivity index (χ4v) is 3.99. The number of phenols is 1. The highest BCUT2D eigenvalue weighted by atomic mass is 32.2. The van der Waals surface area contributed by atoms with E-state index in [0.717, 1.165) is 17.0 Å². The molecule has 0 saturated heterocycles. The highest BCUT2D eigenvalue weighted by Gasteiger charge is 2.17. The van der Waals surface area contributed by atoms with Crippen LogP contribution >= 0.6 is 11.8 Å². The minimum Gasteiger partial charge on any atom is -0.504 e. The summed E-state index contributed by atoms with van der Waals surface area (Å²) in [5.41, 5.74) is 4.62. The lowest BCUT2D eigenvalue weighted by atomic mass is 10.2. The van der Waals surface area contributed by atoms with Crippen LogP contribution in [0, 0.1) is 0 Å². The maximum atomic E-state index is 12.4. The van der Waals surface area contributed by atoms with Crippen LogP contribution in [0.15, 0.2) is 83.1 Å². The van der Waals surface area contributed by atoms with E-state index in [1.807, 2.05) is 59.2 Å². The van der Waals surface area contributed by atoms with E-state index in [-0.39, 0.29) is 17.4 Å². The number of aromatic hydroxyl groups is 1. The van der Waals surface area contributed by atoms with E-state index >= 15 is 0 Å². The van der Waals surface area contributed by atoms with Crippen molar-refractivity contribution in [1.29, 1.82) is 0 Å². The van der Waals surface area contributed by atoms with Crippen molar-refractivity contribution in [2.75, 3.05) is 20.0 Å². The van der Waals surface area contributed by atoms with Crippen LogP contribution in [0.25, 0.3) is 17.1 Å². The van der Waals surface area contributed by atoms with Crippen molar-refractivity contribution in [3.63, 3.8) is 0 Å². The van der Waals surface area contributed by atoms with Gasteiger partial charge in [0.1, 0.15) is 5.75 Å². The molecule has 4 aromatic rings. The van der Waals surface area contributed by atoms with Crippen LogP contribution < -0.4 is 14.9 Å². The summed E-state index contributed by atoms with van der Waals surface area (Å²) in [6.07, 6.45) is 1.35. The highest BCUT2D eigenvalue weighted by Crippen LogP contribution is 2.29. The maximum Gasteiger partial charge on any atom is 0.250 e. The number of ether oxygens (including phenoxy) is 2. The summed E-state index contributed by atoms with van der Waals surface area (Å²) in [5.74, 6) is 1.39. The molecule has 178 valence electrons. The molecule has 35 heavy (non-hydrogen) atoms. The predicted molar refractivity (Wildman–Crippen MR) is 134 cm³/mol. The Morgan fingerprint density at radius 1 is 1.03 bits per heavy atom. The Bertz CT molecular complexity index is 1320. The topological polar surface area (TPSA) is 111 Å². The van der Waals surface area contributed by atoms with Crippen LogP contribution in [0.5, 0.6) is 17.2 Å². The minimum atomic E-state index is -0.334. The van der Waals surface area contributed by atoms with E-state index in [4.69, 9.17) is 9.47 Å². The van der Waals surface area contributed by atoms with Gasteiger partial charge >= 0.3 is 0 Å². The second-order valence-corrected chi connectivity index (χ2v) is 8.13. The third-order valence-electron chi connectivity index (χ3n) is 4.97. The Balaban J connectivity index is 1.50. The van der Waals surface area contributed by atoms with Crippen LogP contribution in [0.3, 0.4) is 0 Å². The molecule has 9 nitrogen and oxygen atoms in total. The SMILES string of the molecule is COc1ccc(-n2c(SCC(=O)NN=Cc3cccc(OC)c3O)nnc2-c2ccccc2)cc1. The Kier molecular flexibility index (Phi) is 7.63. The van der Waals surface area contributed by atoms with Gasteiger partial charge in [-0.1, -0.05) is 48.2 Å². The summed E-state index contributed by atoms with van der Waals surface area (Å²) >= 11 is 1.23. The lowest BCUT2D eigenvalue weighted by molar-refractivity contribution is -0.118. The first kappa shape index (κ1) is 23.8. The van der Waals surface area contributed by atoms with Gasteiger partial charge in [0.05, 0.1) is 26.2 Å². The third kappa shape index (κ3) is 5.61. The van der Waals surface area contributed by atoms with Gasteiger partial charge in [-0.05, 0) is 36.4 Å². The summed E-state index contributed by atoms with van der Waals surface area (Å²) in [5, 5.41) is 23.3. The van der Waals surface area contributed by atoms with Crippen molar-refractivity contribution in [2.24, 2.45) is 5.10 Å². The average molecular weight is 490 g/mol. The van der Waals surface area contributed by atoms with E-state index in [9.17, 15) is 9.90 Å². The first-order valence-corrected chi connectivity index (χ1v) is 11.5. The molecule has 0 aliphatic heterocycles. The summed E-state index contributed by atoms with van der Waals surface area (Å²) in [7, 11) is 3.07. The molecule has 3 aromatic carbocycles. The van der Waals surface area contributed by atoms with Crippen LogP contribution in [0.2, 0.25) is 0 Å². The molecule has 1 heterocycles. The maximum absolute atomic E-state index is 12.4. The molecule has 0 atom stereocenters. The number of rotatable bonds is 9. The summed E-state index contributed by atoms with van der Waals surface area (Å²) in [6.45, 7) is 0. The lowest BCUT2D eigenvalue weighted by Crippen LogP contribution is -2.20. The van der Waals surface area contributed by atoms with E-state index in [1.54, 1.807) is 25.3 Å². The van der Waals surface area contributed by atoms with Crippen LogP contribution in [0.4, 0.5) is 0 Å². The van der Waals surface area contributed by atoms with Crippen molar-refractivity contribution >= 4 is 23.9 Å². The number of nitrogens with one attached hydrogen (secondary N) is 1. The summed E-state index contributed by atoms with van der Waals surface area (Å²) in [4.78, 5) is 12.4. The predicted octanol–water partition coefficient (Wildman–Crippen LogP) is 3.90. The largest absolute Gasteiger partial charge is 0.504 e. The highest BCUT2D eigenvalue weighted by molar-refractivity contribution is 7.99. The molecule has 1 aromatic heterocycles. The number of thioether (sulfide) groups is 1. The van der Waals surface area contributed by atoms with Crippen LogP contribution in [-0.2, 0) is 4.79 Å². The molecule has 4 rings (SSSR count). The van der Waals surface area contributed by atoms with Crippen molar-refractivity contribution < 1.29 is 19.4 Å². The lowest BCUT2D eigenvalue weighted by Gasteiger charge is -2.11. The Morgan fingerprint density at radius 2 is 1.80 bits per heavy atom. The Morgan fingerprint density at radius 3 is 2.51 bits per heavy atom. The Hall–Kier alpha value is -4.31. The fourth-order valence-electron chi connectivity index (χ4n) is 3.25. The number of hydrazone groups is 1. The molecule has 0 unspecified atom stereocenters. The normalized spacial score (nSPS) is 10.9. The number of methoxy groups -OCH3 is 2. The minimum absolute atomic E-state index is 0.0524. The molecular weight excluding hydrogens is 466 g/mol. The zero-order chi connectivity index (χ0) is 24.6. The summed E-state index contributed by atoms with van der Waals surface area (Å²) < 4.78 is 12.2. The zero-order valence-electron chi connectivity index (χ0n) is 19.1. The molecule has 0 saturated carbocycles. The number of hydrogen-bond acceptors (Lipinski definition) is 8. The molecule has 0 aliphatic carbocycles. The number of phenolic OH excluding ortho intramolecular Hbond substituents is 1. The zero-order valence-corrected chi connectivity index (χ0v) is 19.9. The van der Waals surface area contributed by atoms with Crippen LogP contribution in [0.1, 0.15) is 5.56 Å².